The molecule has 4 amide bonds. The molecule has 1 heterocycles. The Morgan fingerprint density at radius 1 is 1.05 bits per heavy atom. The quantitative estimate of drug-likeness (QED) is 0.668. The number of barbiturate groups is 1. The van der Waals surface area contributed by atoms with Gasteiger partial charge in [-0.25, -0.2) is 4.79 Å². The Morgan fingerprint density at radius 2 is 1.71 bits per heavy atom. The second-order valence-corrected chi connectivity index (χ2v) is 5.34. The summed E-state index contributed by atoms with van der Waals surface area (Å²) in [5.74, 6) is -1.11. The van der Waals surface area contributed by atoms with Crippen LogP contribution in [0.25, 0.3) is 6.08 Å². The number of carbonyl (C=O) groups excluding carboxylic acids is 3. The van der Waals surface area contributed by atoms with E-state index in [2.05, 4.69) is 5.32 Å². The Morgan fingerprint density at radius 3 is 2.38 bits per heavy atom. The van der Waals surface area contributed by atoms with E-state index in [1.807, 2.05) is 30.3 Å². The number of nitrogens with zero attached hydrogens (tertiary/aromatic N) is 1. The summed E-state index contributed by atoms with van der Waals surface area (Å²) in [5.41, 5.74) is 0.782. The summed E-state index contributed by atoms with van der Waals surface area (Å²) < 4.78 is 0. The minimum Gasteiger partial charge on any atom is -0.273 e. The van der Waals surface area contributed by atoms with Crippen molar-refractivity contribution in [3.63, 3.8) is 0 Å². The molecule has 1 aliphatic carbocycles. The third-order valence-corrected chi connectivity index (χ3v) is 3.93. The largest absolute Gasteiger partial charge is 0.331 e. The van der Waals surface area contributed by atoms with Crippen molar-refractivity contribution in [1.82, 2.24) is 10.2 Å². The predicted octanol–water partition coefficient (Wildman–Crippen LogP) is 2.09. The molecule has 0 radical (unpaired) electrons. The van der Waals surface area contributed by atoms with Gasteiger partial charge in [0, 0.05) is 6.04 Å². The van der Waals surface area contributed by atoms with E-state index in [1.54, 1.807) is 0 Å². The first-order valence-electron chi connectivity index (χ1n) is 7.12. The first-order valence-corrected chi connectivity index (χ1v) is 7.12. The maximum absolute atomic E-state index is 12.5. The lowest BCUT2D eigenvalue weighted by Gasteiger charge is -2.31. The van der Waals surface area contributed by atoms with Crippen LogP contribution in [-0.2, 0) is 9.59 Å². The Labute approximate surface area is 122 Å². The van der Waals surface area contributed by atoms with Crippen LogP contribution in [0, 0.1) is 0 Å². The fraction of sp³-hybridized carbons (Fsp3) is 0.312. The molecule has 1 aliphatic heterocycles. The number of rotatable bonds is 2. The third kappa shape index (κ3) is 2.59. The maximum Gasteiger partial charge on any atom is 0.331 e. The number of amides is 4. The highest BCUT2D eigenvalue weighted by molar-refractivity contribution is 6.31. The maximum atomic E-state index is 12.5. The topological polar surface area (TPSA) is 66.5 Å². The minimum atomic E-state index is -0.622. The average Bonchev–Trinajstić information content (AvgIpc) is 2.98. The number of carbonyl (C=O) groups is 3. The van der Waals surface area contributed by atoms with Crippen LogP contribution in [0.3, 0.4) is 0 Å². The van der Waals surface area contributed by atoms with Gasteiger partial charge in [-0.3, -0.25) is 19.8 Å². The van der Waals surface area contributed by atoms with Crippen molar-refractivity contribution in [2.45, 2.75) is 31.7 Å². The molecule has 1 saturated carbocycles. The van der Waals surface area contributed by atoms with Crippen LogP contribution in [0.15, 0.2) is 35.9 Å². The third-order valence-electron chi connectivity index (χ3n) is 3.93. The molecule has 1 saturated heterocycles. The number of urea groups is 1. The van der Waals surface area contributed by atoms with Gasteiger partial charge in [0.1, 0.15) is 5.57 Å². The van der Waals surface area contributed by atoms with Crippen LogP contribution in [-0.4, -0.2) is 28.8 Å². The van der Waals surface area contributed by atoms with Crippen LogP contribution in [0.4, 0.5) is 4.79 Å². The summed E-state index contributed by atoms with van der Waals surface area (Å²) in [6.45, 7) is 0. The Bertz CT molecular complexity index is 616. The Balaban J connectivity index is 1.93. The minimum absolute atomic E-state index is 0.0210. The average molecular weight is 284 g/mol. The van der Waals surface area contributed by atoms with E-state index in [-0.39, 0.29) is 11.6 Å². The zero-order chi connectivity index (χ0) is 14.8. The highest BCUT2D eigenvalue weighted by Gasteiger charge is 2.40. The van der Waals surface area contributed by atoms with E-state index < -0.39 is 17.8 Å². The molecule has 1 aromatic carbocycles. The van der Waals surface area contributed by atoms with E-state index in [9.17, 15) is 14.4 Å². The number of nitrogens with one attached hydrogen (secondary N) is 1. The molecule has 108 valence electrons. The SMILES string of the molecule is O=C1NC(=O)N(C2CCCC2)C(=O)/C1=C/c1ccccc1. The van der Waals surface area contributed by atoms with Crippen LogP contribution in [0.2, 0.25) is 0 Å². The molecule has 0 bridgehead atoms. The molecule has 3 rings (SSSR count). The number of benzene rings is 1. The fourth-order valence-corrected chi connectivity index (χ4v) is 2.88. The van der Waals surface area contributed by atoms with Crippen LogP contribution < -0.4 is 5.32 Å². The van der Waals surface area contributed by atoms with Gasteiger partial charge in [0.05, 0.1) is 0 Å². The summed E-state index contributed by atoms with van der Waals surface area (Å²) in [6.07, 6.45) is 5.17. The molecule has 5 heteroatoms. The van der Waals surface area contributed by atoms with Crippen molar-refractivity contribution in [2.75, 3.05) is 0 Å². The lowest BCUT2D eigenvalue weighted by Crippen LogP contribution is -2.57. The van der Waals surface area contributed by atoms with Gasteiger partial charge in [-0.05, 0) is 24.5 Å². The predicted molar refractivity (Wildman–Crippen MR) is 77.1 cm³/mol. The van der Waals surface area contributed by atoms with Gasteiger partial charge in [-0.15, -0.1) is 0 Å². The second-order valence-electron chi connectivity index (χ2n) is 5.34. The standard InChI is InChI=1S/C16H16N2O3/c19-14-13(10-11-6-2-1-3-7-11)15(20)18(16(21)17-14)12-8-4-5-9-12/h1-3,6-7,10,12H,4-5,8-9H2,(H,17,19,21)/b13-10+. The molecule has 1 N–H and O–H groups in total. The fourth-order valence-electron chi connectivity index (χ4n) is 2.88. The van der Waals surface area contributed by atoms with Gasteiger partial charge in [0.25, 0.3) is 11.8 Å². The zero-order valence-corrected chi connectivity index (χ0v) is 11.5. The van der Waals surface area contributed by atoms with Gasteiger partial charge in [0.15, 0.2) is 0 Å². The van der Waals surface area contributed by atoms with Gasteiger partial charge in [-0.1, -0.05) is 43.2 Å². The molecular formula is C16H16N2O3. The number of hydrogen-bond donors (Lipinski definition) is 1. The molecule has 0 aromatic heterocycles. The molecule has 5 nitrogen and oxygen atoms in total. The summed E-state index contributed by atoms with van der Waals surface area (Å²) in [5, 5.41) is 2.27. The van der Waals surface area contributed by atoms with Gasteiger partial charge < -0.3 is 0 Å². The van der Waals surface area contributed by atoms with Crippen molar-refractivity contribution in [1.29, 1.82) is 0 Å². The van der Waals surface area contributed by atoms with Crippen LogP contribution in [0.1, 0.15) is 31.2 Å². The number of imide groups is 2. The lowest BCUT2D eigenvalue weighted by molar-refractivity contribution is -0.131. The molecule has 0 spiro atoms. The van der Waals surface area contributed by atoms with E-state index in [4.69, 9.17) is 0 Å². The summed E-state index contributed by atoms with van der Waals surface area (Å²) in [7, 11) is 0. The first kappa shape index (κ1) is 13.5. The number of hydrogen-bond acceptors (Lipinski definition) is 3. The van der Waals surface area contributed by atoms with Crippen molar-refractivity contribution < 1.29 is 14.4 Å². The Hall–Kier alpha value is -2.43. The lowest BCUT2D eigenvalue weighted by atomic mass is 10.1. The highest BCUT2D eigenvalue weighted by atomic mass is 16.2. The van der Waals surface area contributed by atoms with Gasteiger partial charge >= 0.3 is 6.03 Å². The molecule has 2 aliphatic rings. The summed E-state index contributed by atoms with van der Waals surface area (Å²) >= 11 is 0. The van der Waals surface area contributed by atoms with Gasteiger partial charge in [0.2, 0.25) is 0 Å². The summed E-state index contributed by atoms with van der Waals surface area (Å²) in [6, 6.07) is 8.45. The normalized spacial score (nSPS) is 22.0. The Kier molecular flexibility index (Phi) is 3.56. The molecule has 21 heavy (non-hydrogen) atoms. The van der Waals surface area contributed by atoms with Crippen molar-refractivity contribution in [3.8, 4) is 0 Å². The highest BCUT2D eigenvalue weighted by Crippen LogP contribution is 2.27. The van der Waals surface area contributed by atoms with Crippen LogP contribution >= 0.6 is 0 Å². The molecule has 1 aromatic rings. The van der Waals surface area contributed by atoms with E-state index in [0.717, 1.165) is 31.2 Å². The monoisotopic (exact) mass is 284 g/mol. The molecule has 0 atom stereocenters. The summed E-state index contributed by atoms with van der Waals surface area (Å²) in [4.78, 5) is 37.6. The van der Waals surface area contributed by atoms with Gasteiger partial charge in [-0.2, -0.15) is 0 Å². The van der Waals surface area contributed by atoms with Crippen molar-refractivity contribution in [2.24, 2.45) is 0 Å². The van der Waals surface area contributed by atoms with Crippen LogP contribution in [0.5, 0.6) is 0 Å². The van der Waals surface area contributed by atoms with E-state index >= 15 is 0 Å². The second kappa shape index (κ2) is 5.52. The molecule has 2 fully saturated rings. The molecular weight excluding hydrogens is 268 g/mol. The van der Waals surface area contributed by atoms with Crippen molar-refractivity contribution in [3.05, 3.63) is 41.5 Å². The smallest absolute Gasteiger partial charge is 0.273 e. The van der Waals surface area contributed by atoms with E-state index in [1.165, 1.54) is 11.0 Å². The van der Waals surface area contributed by atoms with E-state index in [0.29, 0.717) is 0 Å². The molecule has 0 unspecified atom stereocenters. The first-order chi connectivity index (χ1) is 10.2. The zero-order valence-electron chi connectivity index (χ0n) is 11.5. The van der Waals surface area contributed by atoms with Crippen molar-refractivity contribution >= 4 is 23.9 Å².